The van der Waals surface area contributed by atoms with Crippen LogP contribution in [0.2, 0.25) is 0 Å². The van der Waals surface area contributed by atoms with Gasteiger partial charge in [-0.15, -0.1) is 11.3 Å². The molecule has 1 aliphatic rings. The number of hydrogen-bond acceptors (Lipinski definition) is 5. The Hall–Kier alpha value is -1.36. The van der Waals surface area contributed by atoms with Crippen LogP contribution in [-0.2, 0) is 0 Å². The van der Waals surface area contributed by atoms with Crippen molar-refractivity contribution in [2.24, 2.45) is 5.41 Å². The number of thiophene rings is 1. The van der Waals surface area contributed by atoms with E-state index >= 15 is 0 Å². The van der Waals surface area contributed by atoms with Crippen molar-refractivity contribution < 1.29 is 0 Å². The van der Waals surface area contributed by atoms with Crippen LogP contribution in [0.4, 0.5) is 11.8 Å². The van der Waals surface area contributed by atoms with E-state index in [4.69, 9.17) is 5.73 Å². The Kier molecular flexibility index (Phi) is 3.32. The molecule has 0 saturated heterocycles. The quantitative estimate of drug-likeness (QED) is 0.916. The maximum atomic E-state index is 5.85. The molecule has 108 valence electrons. The lowest BCUT2D eigenvalue weighted by Gasteiger charge is -2.39. The summed E-state index contributed by atoms with van der Waals surface area (Å²) >= 11 is 1.62. The van der Waals surface area contributed by atoms with Crippen LogP contribution in [0.5, 0.6) is 0 Å². The Morgan fingerprint density at radius 2 is 2.00 bits per heavy atom. The van der Waals surface area contributed by atoms with Crippen LogP contribution in [0.25, 0.3) is 10.2 Å². The number of rotatable bonds is 2. The normalized spacial score (nSPS) is 19.4. The van der Waals surface area contributed by atoms with Gasteiger partial charge in [0.05, 0.1) is 5.39 Å². The number of hydrogen-bond donors (Lipinski definition) is 1. The topological polar surface area (TPSA) is 55.0 Å². The minimum absolute atomic E-state index is 0.373. The number of nitrogen functional groups attached to an aromatic ring is 1. The zero-order valence-corrected chi connectivity index (χ0v) is 13.2. The van der Waals surface area contributed by atoms with E-state index in [-0.39, 0.29) is 0 Å². The van der Waals surface area contributed by atoms with Gasteiger partial charge in [0.15, 0.2) is 0 Å². The second-order valence-electron chi connectivity index (χ2n) is 6.55. The molecule has 2 heterocycles. The summed E-state index contributed by atoms with van der Waals surface area (Å²) in [6, 6.07) is 2.65. The highest BCUT2D eigenvalue weighted by Gasteiger charge is 2.30. The second kappa shape index (κ2) is 4.88. The largest absolute Gasteiger partial charge is 0.368 e. The van der Waals surface area contributed by atoms with Gasteiger partial charge >= 0.3 is 0 Å². The molecule has 2 aromatic rings. The number of nitrogens with two attached hydrogens (primary N) is 1. The average molecular weight is 290 g/mol. The lowest BCUT2D eigenvalue weighted by atomic mass is 9.75. The van der Waals surface area contributed by atoms with Crippen molar-refractivity contribution in [1.29, 1.82) is 0 Å². The van der Waals surface area contributed by atoms with Crippen molar-refractivity contribution in [3.63, 3.8) is 0 Å². The third kappa shape index (κ3) is 2.46. The lowest BCUT2D eigenvalue weighted by Crippen LogP contribution is -2.37. The molecule has 2 aromatic heterocycles. The number of aromatic nitrogens is 2. The molecule has 3 rings (SSSR count). The van der Waals surface area contributed by atoms with Gasteiger partial charge in [0.25, 0.3) is 0 Å². The molecule has 1 aliphatic carbocycles. The summed E-state index contributed by atoms with van der Waals surface area (Å²) in [6.45, 7) is 4.73. The van der Waals surface area contributed by atoms with E-state index in [0.717, 1.165) is 16.0 Å². The van der Waals surface area contributed by atoms with Gasteiger partial charge in [-0.3, -0.25) is 0 Å². The molecule has 2 N–H and O–H groups in total. The molecule has 0 unspecified atom stereocenters. The molecule has 0 amide bonds. The summed E-state index contributed by atoms with van der Waals surface area (Å²) in [5, 5.41) is 3.18. The molecule has 5 heteroatoms. The van der Waals surface area contributed by atoms with E-state index < -0.39 is 0 Å². The average Bonchev–Trinajstić information content (AvgIpc) is 2.85. The fourth-order valence-corrected chi connectivity index (χ4v) is 3.83. The van der Waals surface area contributed by atoms with E-state index in [0.29, 0.717) is 17.4 Å². The molecule has 1 fully saturated rings. The van der Waals surface area contributed by atoms with Crippen molar-refractivity contribution >= 4 is 33.3 Å². The van der Waals surface area contributed by atoms with Gasteiger partial charge in [0.1, 0.15) is 10.6 Å². The molecule has 0 bridgehead atoms. The second-order valence-corrected chi connectivity index (χ2v) is 7.45. The first kappa shape index (κ1) is 13.6. The third-order valence-electron chi connectivity index (χ3n) is 4.51. The van der Waals surface area contributed by atoms with Crippen molar-refractivity contribution in [1.82, 2.24) is 9.97 Å². The zero-order chi connectivity index (χ0) is 14.3. The highest BCUT2D eigenvalue weighted by atomic mass is 32.1. The fourth-order valence-electron chi connectivity index (χ4n) is 3.07. The Labute approximate surface area is 124 Å². The number of anilines is 2. The van der Waals surface area contributed by atoms with Crippen molar-refractivity contribution in [2.45, 2.75) is 45.6 Å². The highest BCUT2D eigenvalue weighted by molar-refractivity contribution is 7.16. The van der Waals surface area contributed by atoms with Crippen LogP contribution in [-0.4, -0.2) is 23.1 Å². The molecule has 20 heavy (non-hydrogen) atoms. The molecule has 0 aliphatic heterocycles. The summed E-state index contributed by atoms with van der Waals surface area (Å²) in [6.07, 6.45) is 4.99. The van der Waals surface area contributed by atoms with Crippen LogP contribution >= 0.6 is 11.3 Å². The first-order valence-corrected chi connectivity index (χ1v) is 8.08. The smallest absolute Gasteiger partial charge is 0.223 e. The summed E-state index contributed by atoms with van der Waals surface area (Å²) in [4.78, 5) is 12.1. The predicted octanol–water partition coefficient (Wildman–Crippen LogP) is 3.68. The molecule has 0 atom stereocenters. The Morgan fingerprint density at radius 1 is 1.30 bits per heavy atom. The predicted molar refractivity (Wildman–Crippen MR) is 86.3 cm³/mol. The van der Waals surface area contributed by atoms with Crippen LogP contribution in [0.1, 0.15) is 39.5 Å². The molecule has 0 radical (unpaired) electrons. The van der Waals surface area contributed by atoms with Crippen molar-refractivity contribution in [2.75, 3.05) is 17.7 Å². The van der Waals surface area contributed by atoms with E-state index in [1.807, 2.05) is 0 Å². The summed E-state index contributed by atoms with van der Waals surface area (Å²) in [5.74, 6) is 1.36. The van der Waals surface area contributed by atoms with Gasteiger partial charge in [0, 0.05) is 13.1 Å². The minimum atomic E-state index is 0.373. The summed E-state index contributed by atoms with van der Waals surface area (Å²) < 4.78 is 0. The van der Waals surface area contributed by atoms with Crippen molar-refractivity contribution in [3.8, 4) is 0 Å². The van der Waals surface area contributed by atoms with E-state index in [9.17, 15) is 0 Å². The van der Waals surface area contributed by atoms with Crippen molar-refractivity contribution in [3.05, 3.63) is 11.4 Å². The van der Waals surface area contributed by atoms with Gasteiger partial charge in [-0.1, -0.05) is 13.8 Å². The SMILES string of the molecule is CN(c1nc(N)nc2sccc12)C1CCC(C)(C)CC1. The molecule has 0 aromatic carbocycles. The molecule has 0 spiro atoms. The summed E-state index contributed by atoms with van der Waals surface area (Å²) in [7, 11) is 2.14. The Balaban J connectivity index is 1.89. The molecular formula is C15H22N4S. The Bertz CT molecular complexity index is 609. The summed E-state index contributed by atoms with van der Waals surface area (Å²) in [5.41, 5.74) is 6.34. The van der Waals surface area contributed by atoms with Gasteiger partial charge in [-0.2, -0.15) is 4.98 Å². The molecular weight excluding hydrogens is 268 g/mol. The first-order valence-electron chi connectivity index (χ1n) is 7.20. The minimum Gasteiger partial charge on any atom is -0.368 e. The standard InChI is InChI=1S/C15H22N4S/c1-15(2)7-4-10(5-8-15)19(3)12-11-6-9-20-13(11)18-14(16)17-12/h6,9-10H,4-5,7-8H2,1-3H3,(H2,16,17,18). The van der Waals surface area contributed by atoms with E-state index in [2.05, 4.69) is 47.2 Å². The molecule has 4 nitrogen and oxygen atoms in total. The van der Waals surface area contributed by atoms with E-state index in [1.165, 1.54) is 25.7 Å². The highest BCUT2D eigenvalue weighted by Crippen LogP contribution is 2.38. The van der Waals surface area contributed by atoms with Crippen LogP contribution < -0.4 is 10.6 Å². The van der Waals surface area contributed by atoms with Gasteiger partial charge < -0.3 is 10.6 Å². The van der Waals surface area contributed by atoms with Gasteiger partial charge in [-0.05, 0) is 42.5 Å². The van der Waals surface area contributed by atoms with E-state index in [1.54, 1.807) is 11.3 Å². The number of nitrogens with zero attached hydrogens (tertiary/aromatic N) is 3. The van der Waals surface area contributed by atoms with Crippen LogP contribution in [0.3, 0.4) is 0 Å². The molecule has 1 saturated carbocycles. The monoisotopic (exact) mass is 290 g/mol. The first-order chi connectivity index (χ1) is 9.46. The number of fused-ring (bicyclic) bond motifs is 1. The Morgan fingerprint density at radius 3 is 2.70 bits per heavy atom. The van der Waals surface area contributed by atoms with Gasteiger partial charge in [-0.25, -0.2) is 4.98 Å². The van der Waals surface area contributed by atoms with Crippen LogP contribution in [0, 0.1) is 5.41 Å². The maximum absolute atomic E-state index is 5.85. The van der Waals surface area contributed by atoms with Gasteiger partial charge in [0.2, 0.25) is 5.95 Å². The zero-order valence-electron chi connectivity index (χ0n) is 12.4. The third-order valence-corrected chi connectivity index (χ3v) is 5.32. The van der Waals surface area contributed by atoms with Crippen LogP contribution in [0.15, 0.2) is 11.4 Å². The lowest BCUT2D eigenvalue weighted by molar-refractivity contribution is 0.222. The maximum Gasteiger partial charge on any atom is 0.223 e. The fraction of sp³-hybridized carbons (Fsp3) is 0.600.